The number of aliphatic hydroxyl groups is 1. The fourth-order valence-electron chi connectivity index (χ4n) is 2.28. The zero-order valence-electron chi connectivity index (χ0n) is 9.84. The van der Waals surface area contributed by atoms with E-state index in [1.807, 2.05) is 30.3 Å². The van der Waals surface area contributed by atoms with E-state index in [0.29, 0.717) is 12.3 Å². The Balaban J connectivity index is 1.99. The van der Waals surface area contributed by atoms with Gasteiger partial charge in [-0.25, -0.2) is 0 Å². The molecule has 1 aliphatic heterocycles. The van der Waals surface area contributed by atoms with Crippen LogP contribution in [0.3, 0.4) is 0 Å². The summed E-state index contributed by atoms with van der Waals surface area (Å²) in [5, 5.41) is 24.9. The Morgan fingerprint density at radius 2 is 1.83 bits per heavy atom. The average molecular weight is 261 g/mol. The lowest BCUT2D eigenvalue weighted by atomic mass is 10.1. The summed E-state index contributed by atoms with van der Waals surface area (Å²) in [6, 6.07) is 11.5. The first-order chi connectivity index (χ1) is 8.75. The van der Waals surface area contributed by atoms with E-state index in [2.05, 4.69) is 5.32 Å². The molecule has 0 amide bonds. The van der Waals surface area contributed by atoms with Gasteiger partial charge in [0.25, 0.3) is 0 Å². The molecular formula is C14H15NO2S. The maximum absolute atomic E-state index is 9.84. The molecule has 18 heavy (non-hydrogen) atoms. The summed E-state index contributed by atoms with van der Waals surface area (Å²) in [6.45, 7) is 1.48. The first kappa shape index (κ1) is 11.8. The number of fused-ring (bicyclic) bond motifs is 1. The highest BCUT2D eigenvalue weighted by Gasteiger charge is 2.26. The van der Waals surface area contributed by atoms with E-state index >= 15 is 0 Å². The van der Waals surface area contributed by atoms with Gasteiger partial charge >= 0.3 is 0 Å². The molecule has 2 aromatic carbocycles. The number of phenols is 1. The SMILES string of the molecule is Oc1ccc(SC2CNCC2O)c2ccccc12. The van der Waals surface area contributed by atoms with Crippen molar-refractivity contribution in [2.45, 2.75) is 16.2 Å². The monoisotopic (exact) mass is 261 g/mol. The van der Waals surface area contributed by atoms with Crippen LogP contribution in [-0.2, 0) is 0 Å². The van der Waals surface area contributed by atoms with Crippen LogP contribution in [0.5, 0.6) is 5.75 Å². The van der Waals surface area contributed by atoms with E-state index in [1.54, 1.807) is 17.8 Å². The maximum atomic E-state index is 9.84. The predicted octanol–water partition coefficient (Wildman–Crippen LogP) is 1.97. The Morgan fingerprint density at radius 1 is 1.06 bits per heavy atom. The molecule has 2 aromatic rings. The zero-order valence-corrected chi connectivity index (χ0v) is 10.7. The highest BCUT2D eigenvalue weighted by molar-refractivity contribution is 8.00. The number of β-amino-alcohol motifs (C(OH)–C–C–N with tert-alkyl or cyclic N) is 1. The largest absolute Gasteiger partial charge is 0.507 e. The molecule has 3 N–H and O–H groups in total. The lowest BCUT2D eigenvalue weighted by molar-refractivity contribution is 0.201. The van der Waals surface area contributed by atoms with Crippen LogP contribution < -0.4 is 5.32 Å². The number of aliphatic hydroxyl groups excluding tert-OH is 1. The Morgan fingerprint density at radius 3 is 2.56 bits per heavy atom. The van der Waals surface area contributed by atoms with E-state index in [-0.39, 0.29) is 11.4 Å². The topological polar surface area (TPSA) is 52.5 Å². The smallest absolute Gasteiger partial charge is 0.123 e. The molecule has 0 aromatic heterocycles. The second kappa shape index (κ2) is 4.80. The predicted molar refractivity (Wildman–Crippen MR) is 74.1 cm³/mol. The molecule has 0 spiro atoms. The number of rotatable bonds is 2. The number of benzene rings is 2. The van der Waals surface area contributed by atoms with Crippen LogP contribution in [0.15, 0.2) is 41.3 Å². The molecule has 0 radical (unpaired) electrons. The van der Waals surface area contributed by atoms with E-state index < -0.39 is 0 Å². The molecule has 1 heterocycles. The van der Waals surface area contributed by atoms with Crippen LogP contribution in [0.4, 0.5) is 0 Å². The van der Waals surface area contributed by atoms with Crippen molar-refractivity contribution in [3.63, 3.8) is 0 Å². The summed E-state index contributed by atoms with van der Waals surface area (Å²) in [5.41, 5.74) is 0. The van der Waals surface area contributed by atoms with Crippen LogP contribution in [0.25, 0.3) is 10.8 Å². The van der Waals surface area contributed by atoms with Gasteiger partial charge in [-0.2, -0.15) is 0 Å². The fourth-order valence-corrected chi connectivity index (χ4v) is 3.51. The average Bonchev–Trinajstić information content (AvgIpc) is 2.79. The van der Waals surface area contributed by atoms with E-state index in [1.165, 1.54) is 0 Å². The summed E-state index contributed by atoms with van der Waals surface area (Å²) in [5.74, 6) is 0.306. The molecule has 3 rings (SSSR count). The van der Waals surface area contributed by atoms with Gasteiger partial charge in [0.1, 0.15) is 5.75 Å². The molecule has 1 saturated heterocycles. The molecule has 2 atom stereocenters. The molecule has 3 nitrogen and oxygen atoms in total. The number of hydrogen-bond acceptors (Lipinski definition) is 4. The highest BCUT2D eigenvalue weighted by Crippen LogP contribution is 2.36. The quantitative estimate of drug-likeness (QED) is 0.773. The van der Waals surface area contributed by atoms with E-state index in [0.717, 1.165) is 22.2 Å². The summed E-state index contributed by atoms with van der Waals surface area (Å²) in [6.07, 6.45) is -0.303. The number of thioether (sulfide) groups is 1. The molecular weight excluding hydrogens is 246 g/mol. The van der Waals surface area contributed by atoms with Crippen molar-refractivity contribution in [2.24, 2.45) is 0 Å². The molecule has 2 unspecified atom stereocenters. The normalized spacial score (nSPS) is 23.6. The Hall–Kier alpha value is -1.23. The summed E-state index contributed by atoms with van der Waals surface area (Å²) in [7, 11) is 0. The van der Waals surface area contributed by atoms with Gasteiger partial charge in [-0.05, 0) is 17.5 Å². The van der Waals surface area contributed by atoms with Crippen LogP contribution in [-0.4, -0.2) is 34.7 Å². The first-order valence-corrected chi connectivity index (χ1v) is 6.90. The van der Waals surface area contributed by atoms with Crippen molar-refractivity contribution in [3.8, 4) is 5.75 Å². The number of aromatic hydroxyl groups is 1. The van der Waals surface area contributed by atoms with Gasteiger partial charge in [0.15, 0.2) is 0 Å². The second-order valence-electron chi connectivity index (χ2n) is 4.51. The Labute approximate surface area is 110 Å². The third-order valence-electron chi connectivity index (χ3n) is 3.27. The summed E-state index contributed by atoms with van der Waals surface area (Å²) >= 11 is 1.67. The van der Waals surface area contributed by atoms with Gasteiger partial charge in [-0.15, -0.1) is 11.8 Å². The molecule has 94 valence electrons. The lowest BCUT2D eigenvalue weighted by Gasteiger charge is -2.14. The van der Waals surface area contributed by atoms with Crippen molar-refractivity contribution >= 4 is 22.5 Å². The number of hydrogen-bond donors (Lipinski definition) is 3. The lowest BCUT2D eigenvalue weighted by Crippen LogP contribution is -2.19. The molecule has 0 saturated carbocycles. The van der Waals surface area contributed by atoms with Crippen LogP contribution in [0.2, 0.25) is 0 Å². The molecule has 1 fully saturated rings. The molecule has 0 bridgehead atoms. The van der Waals surface area contributed by atoms with Crippen LogP contribution in [0, 0.1) is 0 Å². The molecule has 4 heteroatoms. The number of phenolic OH excluding ortho intramolecular Hbond substituents is 1. The molecule has 1 aliphatic rings. The number of nitrogens with one attached hydrogen (secondary N) is 1. The van der Waals surface area contributed by atoms with Gasteiger partial charge in [0.2, 0.25) is 0 Å². The summed E-state index contributed by atoms with van der Waals surface area (Å²) in [4.78, 5) is 1.11. The van der Waals surface area contributed by atoms with E-state index in [9.17, 15) is 10.2 Å². The third kappa shape index (κ3) is 2.07. The highest BCUT2D eigenvalue weighted by atomic mass is 32.2. The fraction of sp³-hybridized carbons (Fsp3) is 0.286. The summed E-state index contributed by atoms with van der Waals surface area (Å²) < 4.78 is 0. The van der Waals surface area contributed by atoms with Crippen LogP contribution >= 0.6 is 11.8 Å². The third-order valence-corrected chi connectivity index (χ3v) is 4.66. The van der Waals surface area contributed by atoms with Crippen molar-refractivity contribution in [2.75, 3.05) is 13.1 Å². The second-order valence-corrected chi connectivity index (χ2v) is 5.79. The van der Waals surface area contributed by atoms with Crippen LogP contribution in [0.1, 0.15) is 0 Å². The van der Waals surface area contributed by atoms with Crippen molar-refractivity contribution in [1.82, 2.24) is 5.32 Å². The van der Waals surface area contributed by atoms with Gasteiger partial charge in [-0.3, -0.25) is 0 Å². The Bertz CT molecular complexity index is 573. The van der Waals surface area contributed by atoms with E-state index in [4.69, 9.17) is 0 Å². The van der Waals surface area contributed by atoms with Gasteiger partial charge in [0.05, 0.1) is 6.10 Å². The van der Waals surface area contributed by atoms with Gasteiger partial charge < -0.3 is 15.5 Å². The van der Waals surface area contributed by atoms with Crippen molar-refractivity contribution < 1.29 is 10.2 Å². The van der Waals surface area contributed by atoms with Crippen molar-refractivity contribution in [1.29, 1.82) is 0 Å². The maximum Gasteiger partial charge on any atom is 0.123 e. The first-order valence-electron chi connectivity index (χ1n) is 6.02. The molecule has 0 aliphatic carbocycles. The van der Waals surface area contributed by atoms with Gasteiger partial charge in [0, 0.05) is 28.6 Å². The minimum atomic E-state index is -0.303. The van der Waals surface area contributed by atoms with Gasteiger partial charge in [-0.1, -0.05) is 24.3 Å². The Kier molecular flexibility index (Phi) is 3.16. The zero-order chi connectivity index (χ0) is 12.5. The standard InChI is InChI=1S/C14H15NO2S/c16-11-5-6-13(10-4-2-1-3-9(10)11)18-14-8-15-7-12(14)17/h1-6,12,14-17H,7-8H2. The minimum Gasteiger partial charge on any atom is -0.507 e. The van der Waals surface area contributed by atoms with Crippen molar-refractivity contribution in [3.05, 3.63) is 36.4 Å². The minimum absolute atomic E-state index is 0.179.